The minimum absolute atomic E-state index is 0.333. The van der Waals surface area contributed by atoms with Gasteiger partial charge < -0.3 is 14.5 Å². The van der Waals surface area contributed by atoms with Crippen LogP contribution in [0, 0.1) is 5.92 Å². The van der Waals surface area contributed by atoms with Gasteiger partial charge in [-0.25, -0.2) is 0 Å². The van der Waals surface area contributed by atoms with Crippen LogP contribution in [0.1, 0.15) is 25.5 Å². The molecule has 2 rings (SSSR count). The summed E-state index contributed by atoms with van der Waals surface area (Å²) in [5.41, 5.74) is 0. The molecule has 1 aromatic heterocycles. The Balaban J connectivity index is 1.95. The lowest BCUT2D eigenvalue weighted by Gasteiger charge is -2.26. The summed E-state index contributed by atoms with van der Waals surface area (Å²) in [6, 6.07) is 4.33. The number of ether oxygens (including phenoxy) is 1. The molecule has 1 aliphatic carbocycles. The first-order chi connectivity index (χ1) is 7.85. The van der Waals surface area contributed by atoms with E-state index in [9.17, 15) is 0 Å². The first-order valence-corrected chi connectivity index (χ1v) is 6.16. The zero-order valence-electron chi connectivity index (χ0n) is 10.1. The minimum Gasteiger partial charge on any atom is -0.469 e. The highest BCUT2D eigenvalue weighted by Gasteiger charge is 2.36. The average Bonchev–Trinajstić information content (AvgIpc) is 3.01. The summed E-state index contributed by atoms with van der Waals surface area (Å²) in [7, 11) is 2.00. The van der Waals surface area contributed by atoms with Crippen molar-refractivity contribution in [1.29, 1.82) is 0 Å². The van der Waals surface area contributed by atoms with Crippen molar-refractivity contribution in [2.24, 2.45) is 5.92 Å². The topological polar surface area (TPSA) is 34.4 Å². The Bertz CT molecular complexity index is 293. The van der Waals surface area contributed by atoms with Crippen LogP contribution < -0.4 is 5.32 Å². The van der Waals surface area contributed by atoms with Gasteiger partial charge in [0.2, 0.25) is 0 Å². The lowest BCUT2D eigenvalue weighted by atomic mass is 10.0. The Labute approximate surface area is 97.2 Å². The number of rotatable bonds is 7. The molecule has 1 saturated carbocycles. The third kappa shape index (κ3) is 2.86. The fourth-order valence-corrected chi connectivity index (χ4v) is 2.23. The summed E-state index contributed by atoms with van der Waals surface area (Å²) in [5, 5.41) is 3.36. The van der Waals surface area contributed by atoms with Gasteiger partial charge in [-0.15, -0.1) is 0 Å². The third-order valence-corrected chi connectivity index (χ3v) is 3.21. The van der Waals surface area contributed by atoms with E-state index in [1.807, 2.05) is 19.2 Å². The van der Waals surface area contributed by atoms with Gasteiger partial charge in [-0.1, -0.05) is 0 Å². The SMILES string of the molecule is CCOC(C1CC1)C(Cc1ccco1)NC. The molecule has 90 valence electrons. The molecule has 3 heteroatoms. The zero-order chi connectivity index (χ0) is 11.4. The second-order valence-corrected chi connectivity index (χ2v) is 4.44. The molecule has 2 atom stereocenters. The molecular formula is C13H21NO2. The Morgan fingerprint density at radius 2 is 2.38 bits per heavy atom. The molecule has 0 saturated heterocycles. The van der Waals surface area contributed by atoms with Crippen molar-refractivity contribution in [3.63, 3.8) is 0 Å². The summed E-state index contributed by atoms with van der Waals surface area (Å²) in [4.78, 5) is 0. The van der Waals surface area contributed by atoms with Gasteiger partial charge in [-0.3, -0.25) is 0 Å². The van der Waals surface area contributed by atoms with Crippen LogP contribution in [0.3, 0.4) is 0 Å². The van der Waals surface area contributed by atoms with Crippen molar-refractivity contribution in [3.8, 4) is 0 Å². The van der Waals surface area contributed by atoms with Crippen molar-refractivity contribution < 1.29 is 9.15 Å². The summed E-state index contributed by atoms with van der Waals surface area (Å²) >= 11 is 0. The van der Waals surface area contributed by atoms with Gasteiger partial charge in [0.1, 0.15) is 5.76 Å². The van der Waals surface area contributed by atoms with Gasteiger partial charge >= 0.3 is 0 Å². The molecule has 1 heterocycles. The van der Waals surface area contributed by atoms with Gasteiger partial charge in [0, 0.05) is 19.1 Å². The molecule has 2 unspecified atom stereocenters. The smallest absolute Gasteiger partial charge is 0.105 e. The molecule has 1 N–H and O–H groups in total. The molecule has 0 aliphatic heterocycles. The molecule has 16 heavy (non-hydrogen) atoms. The van der Waals surface area contributed by atoms with Gasteiger partial charge in [-0.05, 0) is 44.9 Å². The largest absolute Gasteiger partial charge is 0.469 e. The van der Waals surface area contributed by atoms with E-state index in [4.69, 9.17) is 9.15 Å². The average molecular weight is 223 g/mol. The van der Waals surface area contributed by atoms with Crippen LogP contribution in [-0.2, 0) is 11.2 Å². The van der Waals surface area contributed by atoms with Crippen LogP contribution in [0.5, 0.6) is 0 Å². The van der Waals surface area contributed by atoms with E-state index in [1.54, 1.807) is 6.26 Å². The fourth-order valence-electron chi connectivity index (χ4n) is 2.23. The number of nitrogens with one attached hydrogen (secondary N) is 1. The van der Waals surface area contributed by atoms with Crippen molar-refractivity contribution in [3.05, 3.63) is 24.2 Å². The highest BCUT2D eigenvalue weighted by molar-refractivity contribution is 5.03. The van der Waals surface area contributed by atoms with Crippen LogP contribution in [0.25, 0.3) is 0 Å². The van der Waals surface area contributed by atoms with Crippen molar-refractivity contribution in [2.75, 3.05) is 13.7 Å². The molecule has 1 aromatic rings. The third-order valence-electron chi connectivity index (χ3n) is 3.21. The highest BCUT2D eigenvalue weighted by Crippen LogP contribution is 2.36. The van der Waals surface area contributed by atoms with Gasteiger partial charge in [-0.2, -0.15) is 0 Å². The van der Waals surface area contributed by atoms with Gasteiger partial charge in [0.05, 0.1) is 12.4 Å². The lowest BCUT2D eigenvalue weighted by molar-refractivity contribution is 0.0199. The number of hydrogen-bond donors (Lipinski definition) is 1. The highest BCUT2D eigenvalue weighted by atomic mass is 16.5. The first-order valence-electron chi connectivity index (χ1n) is 6.16. The molecule has 0 aromatic carbocycles. The Kier molecular flexibility index (Phi) is 4.02. The van der Waals surface area contributed by atoms with E-state index < -0.39 is 0 Å². The van der Waals surface area contributed by atoms with E-state index in [1.165, 1.54) is 12.8 Å². The second-order valence-electron chi connectivity index (χ2n) is 4.44. The summed E-state index contributed by atoms with van der Waals surface area (Å²) in [6.07, 6.45) is 5.58. The van der Waals surface area contributed by atoms with E-state index in [0.29, 0.717) is 12.1 Å². The quantitative estimate of drug-likeness (QED) is 0.769. The molecule has 0 amide bonds. The number of furan rings is 1. The molecule has 1 fully saturated rings. The van der Waals surface area contributed by atoms with Crippen molar-refractivity contribution in [2.45, 2.75) is 38.3 Å². The molecular weight excluding hydrogens is 202 g/mol. The predicted octanol–water partition coefficient (Wildman–Crippen LogP) is 2.23. The molecule has 0 radical (unpaired) electrons. The first kappa shape index (κ1) is 11.7. The molecule has 3 nitrogen and oxygen atoms in total. The monoisotopic (exact) mass is 223 g/mol. The Morgan fingerprint density at radius 3 is 2.88 bits per heavy atom. The maximum Gasteiger partial charge on any atom is 0.105 e. The summed E-state index contributed by atoms with van der Waals surface area (Å²) < 4.78 is 11.3. The standard InChI is InChI=1S/C13H21NO2/c1-3-15-13(10-6-7-10)12(14-2)9-11-5-4-8-16-11/h4-5,8,10,12-14H,3,6-7,9H2,1-2H3. The van der Waals surface area contributed by atoms with E-state index >= 15 is 0 Å². The molecule has 0 spiro atoms. The van der Waals surface area contributed by atoms with Gasteiger partial charge in [0.25, 0.3) is 0 Å². The number of likely N-dealkylation sites (N-methyl/N-ethyl adjacent to an activating group) is 1. The fraction of sp³-hybridized carbons (Fsp3) is 0.692. The van der Waals surface area contributed by atoms with Crippen molar-refractivity contribution in [1.82, 2.24) is 5.32 Å². The van der Waals surface area contributed by atoms with E-state index in [0.717, 1.165) is 24.7 Å². The van der Waals surface area contributed by atoms with Crippen LogP contribution in [0.15, 0.2) is 22.8 Å². The Hall–Kier alpha value is -0.800. The molecule has 1 aliphatic rings. The van der Waals surface area contributed by atoms with Crippen LogP contribution in [0.4, 0.5) is 0 Å². The predicted molar refractivity (Wildman–Crippen MR) is 63.4 cm³/mol. The van der Waals surface area contributed by atoms with E-state index in [2.05, 4.69) is 12.2 Å². The minimum atomic E-state index is 0.333. The van der Waals surface area contributed by atoms with Crippen LogP contribution >= 0.6 is 0 Å². The van der Waals surface area contributed by atoms with E-state index in [-0.39, 0.29) is 0 Å². The molecule has 0 bridgehead atoms. The normalized spacial score (nSPS) is 19.6. The van der Waals surface area contributed by atoms with Crippen molar-refractivity contribution >= 4 is 0 Å². The Morgan fingerprint density at radius 1 is 1.56 bits per heavy atom. The maximum atomic E-state index is 5.86. The van der Waals surface area contributed by atoms with Gasteiger partial charge in [0.15, 0.2) is 0 Å². The maximum absolute atomic E-state index is 5.86. The summed E-state index contributed by atoms with van der Waals surface area (Å²) in [5.74, 6) is 1.78. The summed E-state index contributed by atoms with van der Waals surface area (Å²) in [6.45, 7) is 2.85. The van der Waals surface area contributed by atoms with Crippen LogP contribution in [0.2, 0.25) is 0 Å². The lowest BCUT2D eigenvalue weighted by Crippen LogP contribution is -2.42. The van der Waals surface area contributed by atoms with Crippen LogP contribution in [-0.4, -0.2) is 25.8 Å². The second kappa shape index (κ2) is 5.51. The number of hydrogen-bond acceptors (Lipinski definition) is 3. The zero-order valence-corrected chi connectivity index (χ0v) is 10.1.